The van der Waals surface area contributed by atoms with Crippen molar-refractivity contribution in [3.05, 3.63) is 46.2 Å². The molecule has 0 unspecified atom stereocenters. The van der Waals surface area contributed by atoms with Crippen LogP contribution in [0.25, 0.3) is 0 Å². The zero-order chi connectivity index (χ0) is 21.5. The second kappa shape index (κ2) is 10.4. The molecule has 2 atom stereocenters. The average molecular weight is 433 g/mol. The third-order valence-electron chi connectivity index (χ3n) is 5.34. The van der Waals surface area contributed by atoms with Crippen molar-refractivity contribution in [2.45, 2.75) is 12.3 Å². The van der Waals surface area contributed by atoms with E-state index in [2.05, 4.69) is 5.32 Å². The van der Waals surface area contributed by atoms with Crippen molar-refractivity contribution in [3.63, 3.8) is 0 Å². The lowest BCUT2D eigenvalue weighted by atomic mass is 9.87. The van der Waals surface area contributed by atoms with E-state index < -0.39 is 0 Å². The van der Waals surface area contributed by atoms with E-state index in [0.29, 0.717) is 42.6 Å². The fourth-order valence-corrected chi connectivity index (χ4v) is 4.48. The Balaban J connectivity index is 1.85. The molecule has 7 nitrogen and oxygen atoms in total. The summed E-state index contributed by atoms with van der Waals surface area (Å²) in [6.07, 6.45) is 0.739. The molecule has 2 heterocycles. The standard InChI is InChI=1S/C22H28N2O5S/c1-27-10-5-9-23-21(25)18-14-24(22(26)20-6-4-11-30-20)13-17(18)16-8-7-15(28-2)12-19(16)29-3/h4,6-8,11-12,17-18H,5,9-10,13-14H2,1-3H3,(H,23,25)/t17-,18+/m0/s1. The lowest BCUT2D eigenvalue weighted by Gasteiger charge is -2.21. The van der Waals surface area contributed by atoms with Gasteiger partial charge in [0.2, 0.25) is 5.91 Å². The molecule has 1 N–H and O–H groups in total. The van der Waals surface area contributed by atoms with Crippen molar-refractivity contribution < 1.29 is 23.8 Å². The van der Waals surface area contributed by atoms with Crippen LogP contribution < -0.4 is 14.8 Å². The quantitative estimate of drug-likeness (QED) is 0.617. The van der Waals surface area contributed by atoms with E-state index >= 15 is 0 Å². The summed E-state index contributed by atoms with van der Waals surface area (Å²) in [6.45, 7) is 1.94. The van der Waals surface area contributed by atoms with Crippen molar-refractivity contribution in [2.75, 3.05) is 47.6 Å². The summed E-state index contributed by atoms with van der Waals surface area (Å²) in [7, 11) is 4.84. The molecule has 1 aliphatic heterocycles. The molecule has 0 bridgehead atoms. The number of likely N-dealkylation sites (tertiary alicyclic amines) is 1. The van der Waals surface area contributed by atoms with Gasteiger partial charge in [0.15, 0.2) is 0 Å². The van der Waals surface area contributed by atoms with Crippen molar-refractivity contribution >= 4 is 23.2 Å². The van der Waals surface area contributed by atoms with Crippen LogP contribution in [0.3, 0.4) is 0 Å². The van der Waals surface area contributed by atoms with E-state index in [1.807, 2.05) is 35.7 Å². The van der Waals surface area contributed by atoms with Gasteiger partial charge in [0, 0.05) is 50.9 Å². The largest absolute Gasteiger partial charge is 0.497 e. The number of rotatable bonds is 9. The molecule has 162 valence electrons. The van der Waals surface area contributed by atoms with E-state index in [9.17, 15) is 9.59 Å². The summed E-state index contributed by atoms with van der Waals surface area (Å²) >= 11 is 1.41. The number of carbonyl (C=O) groups excluding carboxylic acids is 2. The van der Waals surface area contributed by atoms with Crippen molar-refractivity contribution in [1.82, 2.24) is 10.2 Å². The summed E-state index contributed by atoms with van der Waals surface area (Å²) in [5.41, 5.74) is 0.900. The molecular weight excluding hydrogens is 404 g/mol. The molecule has 0 aliphatic carbocycles. The zero-order valence-corrected chi connectivity index (χ0v) is 18.4. The highest BCUT2D eigenvalue weighted by atomic mass is 32.1. The summed E-state index contributed by atoms with van der Waals surface area (Å²) < 4.78 is 15.9. The Morgan fingerprint density at radius 1 is 1.17 bits per heavy atom. The van der Waals surface area contributed by atoms with E-state index in [0.717, 1.165) is 12.0 Å². The van der Waals surface area contributed by atoms with E-state index in [1.54, 1.807) is 26.2 Å². The molecule has 1 aromatic carbocycles. The first-order valence-corrected chi connectivity index (χ1v) is 10.8. The Morgan fingerprint density at radius 3 is 2.67 bits per heavy atom. The molecule has 1 aliphatic rings. The maximum absolute atomic E-state index is 13.0. The number of thiophene rings is 1. The highest BCUT2D eigenvalue weighted by molar-refractivity contribution is 7.12. The molecule has 0 saturated carbocycles. The van der Waals surface area contributed by atoms with Crippen LogP contribution in [-0.2, 0) is 9.53 Å². The van der Waals surface area contributed by atoms with Crippen LogP contribution >= 0.6 is 11.3 Å². The number of methoxy groups -OCH3 is 3. The van der Waals surface area contributed by atoms with Gasteiger partial charge in [-0.3, -0.25) is 9.59 Å². The Kier molecular flexibility index (Phi) is 7.70. The molecule has 2 aromatic rings. The molecule has 2 amide bonds. The zero-order valence-electron chi connectivity index (χ0n) is 17.6. The van der Waals surface area contributed by atoms with E-state index in [-0.39, 0.29) is 23.7 Å². The third-order valence-corrected chi connectivity index (χ3v) is 6.20. The van der Waals surface area contributed by atoms with Crippen LogP contribution in [0.2, 0.25) is 0 Å². The van der Waals surface area contributed by atoms with Gasteiger partial charge in [0.25, 0.3) is 5.91 Å². The van der Waals surface area contributed by atoms with Crippen molar-refractivity contribution in [1.29, 1.82) is 0 Å². The van der Waals surface area contributed by atoms with Gasteiger partial charge in [0.05, 0.1) is 25.0 Å². The van der Waals surface area contributed by atoms with E-state index in [1.165, 1.54) is 11.3 Å². The average Bonchev–Trinajstić information content (AvgIpc) is 3.46. The molecule has 8 heteroatoms. The highest BCUT2D eigenvalue weighted by Crippen LogP contribution is 2.40. The fourth-order valence-electron chi connectivity index (χ4n) is 3.79. The van der Waals surface area contributed by atoms with Crippen LogP contribution in [0, 0.1) is 5.92 Å². The molecule has 1 fully saturated rings. The first kappa shape index (κ1) is 22.1. The van der Waals surface area contributed by atoms with Crippen LogP contribution in [0.15, 0.2) is 35.7 Å². The smallest absolute Gasteiger partial charge is 0.263 e. The summed E-state index contributed by atoms with van der Waals surface area (Å²) in [4.78, 5) is 28.4. The lowest BCUT2D eigenvalue weighted by molar-refractivity contribution is -0.124. The van der Waals surface area contributed by atoms with Crippen LogP contribution in [0.1, 0.15) is 27.6 Å². The number of hydrogen-bond donors (Lipinski definition) is 1. The molecule has 30 heavy (non-hydrogen) atoms. The SMILES string of the molecule is COCCCNC(=O)[C@@H]1CN(C(=O)c2cccs2)C[C@H]1c1ccc(OC)cc1OC. The van der Waals surface area contributed by atoms with Gasteiger partial charge >= 0.3 is 0 Å². The lowest BCUT2D eigenvalue weighted by Crippen LogP contribution is -2.36. The third kappa shape index (κ3) is 4.94. The predicted octanol–water partition coefficient (Wildman–Crippen LogP) is 2.77. The number of nitrogens with one attached hydrogen (secondary N) is 1. The molecule has 1 aromatic heterocycles. The number of ether oxygens (including phenoxy) is 3. The minimum Gasteiger partial charge on any atom is -0.497 e. The Labute approximate surface area is 180 Å². The first-order chi connectivity index (χ1) is 14.6. The normalized spacial score (nSPS) is 18.3. The monoisotopic (exact) mass is 432 g/mol. The van der Waals surface area contributed by atoms with Crippen molar-refractivity contribution in [3.8, 4) is 11.5 Å². The number of amides is 2. The Hall–Kier alpha value is -2.58. The highest BCUT2D eigenvalue weighted by Gasteiger charge is 2.41. The maximum Gasteiger partial charge on any atom is 0.263 e. The van der Waals surface area contributed by atoms with Crippen LogP contribution in [-0.4, -0.2) is 64.3 Å². The van der Waals surface area contributed by atoms with Gasteiger partial charge < -0.3 is 24.4 Å². The van der Waals surface area contributed by atoms with Crippen molar-refractivity contribution in [2.24, 2.45) is 5.92 Å². The second-order valence-electron chi connectivity index (χ2n) is 7.15. The van der Waals surface area contributed by atoms with Gasteiger partial charge in [-0.1, -0.05) is 12.1 Å². The molecule has 3 rings (SSSR count). The predicted molar refractivity (Wildman–Crippen MR) is 116 cm³/mol. The number of benzene rings is 1. The Bertz CT molecular complexity index is 855. The van der Waals surface area contributed by atoms with Gasteiger partial charge in [-0.15, -0.1) is 11.3 Å². The number of carbonyl (C=O) groups is 2. The molecule has 0 spiro atoms. The summed E-state index contributed by atoms with van der Waals surface area (Å²) in [6, 6.07) is 9.26. The Morgan fingerprint density at radius 2 is 2.00 bits per heavy atom. The maximum atomic E-state index is 13.0. The van der Waals surface area contributed by atoms with Gasteiger partial charge in [-0.25, -0.2) is 0 Å². The minimum absolute atomic E-state index is 0.0443. The molecular formula is C22H28N2O5S. The number of nitrogens with zero attached hydrogens (tertiary/aromatic N) is 1. The van der Waals surface area contributed by atoms with Gasteiger partial charge in [0.1, 0.15) is 11.5 Å². The van der Waals surface area contributed by atoms with Crippen LogP contribution in [0.4, 0.5) is 0 Å². The molecule has 0 radical (unpaired) electrons. The second-order valence-corrected chi connectivity index (χ2v) is 8.09. The minimum atomic E-state index is -0.362. The summed E-state index contributed by atoms with van der Waals surface area (Å²) in [5.74, 6) is 0.700. The number of hydrogen-bond acceptors (Lipinski definition) is 6. The van der Waals surface area contributed by atoms with Crippen LogP contribution in [0.5, 0.6) is 11.5 Å². The van der Waals surface area contributed by atoms with E-state index in [4.69, 9.17) is 14.2 Å². The first-order valence-electron chi connectivity index (χ1n) is 9.90. The molecule has 1 saturated heterocycles. The topological polar surface area (TPSA) is 77.1 Å². The van der Waals surface area contributed by atoms with Gasteiger partial charge in [-0.2, -0.15) is 0 Å². The van der Waals surface area contributed by atoms with Gasteiger partial charge in [-0.05, 0) is 23.9 Å². The summed E-state index contributed by atoms with van der Waals surface area (Å²) in [5, 5.41) is 4.88. The fraction of sp³-hybridized carbons (Fsp3) is 0.455.